The summed E-state index contributed by atoms with van der Waals surface area (Å²) in [7, 11) is 0. The maximum atomic E-state index is 12.9. The number of carbonyl (C=O) groups is 3. The lowest BCUT2D eigenvalue weighted by atomic mass is 10.0. The van der Waals surface area contributed by atoms with E-state index in [4.69, 9.17) is 4.42 Å². The Morgan fingerprint density at radius 1 is 1.38 bits per heavy atom. The van der Waals surface area contributed by atoms with Crippen LogP contribution in [0.4, 0.5) is 0 Å². The van der Waals surface area contributed by atoms with Gasteiger partial charge in [-0.05, 0) is 25.7 Å². The van der Waals surface area contributed by atoms with E-state index in [0.717, 1.165) is 19.4 Å². The van der Waals surface area contributed by atoms with Crippen molar-refractivity contribution >= 4 is 17.7 Å². The van der Waals surface area contributed by atoms with Crippen LogP contribution in [0, 0.1) is 5.92 Å². The minimum atomic E-state index is -0.506. The third kappa shape index (κ3) is 3.32. The number of nitrogens with zero attached hydrogens (tertiary/aromatic N) is 3. The molecule has 0 aromatic carbocycles. The number of amides is 3. The molecule has 0 saturated carbocycles. The van der Waals surface area contributed by atoms with Crippen LogP contribution >= 0.6 is 0 Å². The molecule has 2 aliphatic rings. The van der Waals surface area contributed by atoms with Gasteiger partial charge in [-0.1, -0.05) is 13.8 Å². The van der Waals surface area contributed by atoms with E-state index in [1.165, 1.54) is 13.2 Å². The molecular weight excluding hydrogens is 336 g/mol. The molecule has 0 unspecified atom stereocenters. The fourth-order valence-electron chi connectivity index (χ4n) is 3.74. The van der Waals surface area contributed by atoms with Crippen LogP contribution in [0.1, 0.15) is 63.0 Å². The molecule has 26 heavy (non-hydrogen) atoms. The molecule has 0 aliphatic carbocycles. The number of nitrogens with one attached hydrogen (secondary N) is 1. The van der Waals surface area contributed by atoms with E-state index in [1.54, 1.807) is 11.8 Å². The highest BCUT2D eigenvalue weighted by molar-refractivity contribution is 5.96. The minimum absolute atomic E-state index is 0.00544. The highest BCUT2D eigenvalue weighted by Crippen LogP contribution is 2.27. The molecule has 3 heterocycles. The highest BCUT2D eigenvalue weighted by Gasteiger charge is 2.42. The zero-order valence-corrected chi connectivity index (χ0v) is 15.7. The lowest BCUT2D eigenvalue weighted by Crippen LogP contribution is -2.60. The number of oxazole rings is 1. The molecule has 0 radical (unpaired) electrons. The Morgan fingerprint density at radius 3 is 2.77 bits per heavy atom. The van der Waals surface area contributed by atoms with Crippen molar-refractivity contribution in [1.82, 2.24) is 20.1 Å². The lowest BCUT2D eigenvalue weighted by molar-refractivity contribution is -0.141. The normalized spacial score (nSPS) is 24.0. The fourth-order valence-corrected chi connectivity index (χ4v) is 3.74. The van der Waals surface area contributed by atoms with Gasteiger partial charge < -0.3 is 19.5 Å². The van der Waals surface area contributed by atoms with Crippen LogP contribution in [-0.2, 0) is 9.59 Å². The zero-order valence-electron chi connectivity index (χ0n) is 15.7. The predicted octanol–water partition coefficient (Wildman–Crippen LogP) is 1.34. The van der Waals surface area contributed by atoms with Crippen molar-refractivity contribution in [3.8, 4) is 0 Å². The molecule has 2 fully saturated rings. The number of aromatic nitrogens is 1. The molecular formula is C18H26N4O4. The molecule has 142 valence electrons. The van der Waals surface area contributed by atoms with Gasteiger partial charge in [-0.25, -0.2) is 4.98 Å². The molecule has 8 nitrogen and oxygen atoms in total. The van der Waals surface area contributed by atoms with Gasteiger partial charge in [0, 0.05) is 26.1 Å². The number of fused-ring (bicyclic) bond motifs is 1. The second-order valence-corrected chi connectivity index (χ2v) is 7.45. The topological polar surface area (TPSA) is 95.8 Å². The fraction of sp³-hybridized carbons (Fsp3) is 0.667. The number of carbonyl (C=O) groups excluding carboxylic acids is 3. The SMILES string of the molecule is CC(=O)N[C@@H](c1nc(C(=O)N2C[C@H]3CCCN3C(=O)[C@@H]2C)co1)C(C)C. The summed E-state index contributed by atoms with van der Waals surface area (Å²) in [5.41, 5.74) is 0.169. The van der Waals surface area contributed by atoms with Gasteiger partial charge in [-0.15, -0.1) is 0 Å². The smallest absolute Gasteiger partial charge is 0.276 e. The zero-order chi connectivity index (χ0) is 19.0. The van der Waals surface area contributed by atoms with E-state index < -0.39 is 12.1 Å². The number of rotatable bonds is 4. The molecule has 3 rings (SSSR count). The van der Waals surface area contributed by atoms with Gasteiger partial charge in [0.05, 0.1) is 0 Å². The van der Waals surface area contributed by atoms with Crippen LogP contribution in [-0.4, -0.2) is 57.7 Å². The van der Waals surface area contributed by atoms with Gasteiger partial charge in [-0.3, -0.25) is 14.4 Å². The van der Waals surface area contributed by atoms with Gasteiger partial charge in [0.2, 0.25) is 17.7 Å². The quantitative estimate of drug-likeness (QED) is 0.872. The third-order valence-corrected chi connectivity index (χ3v) is 5.19. The second-order valence-electron chi connectivity index (χ2n) is 7.45. The Morgan fingerprint density at radius 2 is 2.12 bits per heavy atom. The molecule has 1 N–H and O–H groups in total. The van der Waals surface area contributed by atoms with Crippen LogP contribution in [0.25, 0.3) is 0 Å². The summed E-state index contributed by atoms with van der Waals surface area (Å²) < 4.78 is 5.48. The van der Waals surface area contributed by atoms with E-state index in [0.29, 0.717) is 12.4 Å². The van der Waals surface area contributed by atoms with Crippen LogP contribution in [0.15, 0.2) is 10.7 Å². The maximum Gasteiger partial charge on any atom is 0.276 e. The Bertz CT molecular complexity index is 714. The molecule has 1 aromatic heterocycles. The van der Waals surface area contributed by atoms with Crippen molar-refractivity contribution in [2.45, 2.75) is 58.7 Å². The molecule has 3 amide bonds. The first-order valence-corrected chi connectivity index (χ1v) is 9.13. The first-order chi connectivity index (χ1) is 12.3. The second kappa shape index (κ2) is 7.09. The van der Waals surface area contributed by atoms with E-state index in [2.05, 4.69) is 10.3 Å². The monoisotopic (exact) mass is 362 g/mol. The Hall–Kier alpha value is -2.38. The lowest BCUT2D eigenvalue weighted by Gasteiger charge is -2.41. The van der Waals surface area contributed by atoms with Crippen LogP contribution in [0.3, 0.4) is 0 Å². The molecule has 3 atom stereocenters. The van der Waals surface area contributed by atoms with Gasteiger partial charge in [0.25, 0.3) is 5.91 Å². The van der Waals surface area contributed by atoms with Gasteiger partial charge in [-0.2, -0.15) is 0 Å². The largest absolute Gasteiger partial charge is 0.446 e. The first kappa shape index (κ1) is 18.4. The van der Waals surface area contributed by atoms with Gasteiger partial charge >= 0.3 is 0 Å². The predicted molar refractivity (Wildman–Crippen MR) is 93.1 cm³/mol. The average molecular weight is 362 g/mol. The molecule has 8 heteroatoms. The summed E-state index contributed by atoms with van der Waals surface area (Å²) in [5.74, 6) is -0.140. The van der Waals surface area contributed by atoms with Crippen molar-refractivity contribution in [2.75, 3.05) is 13.1 Å². The van der Waals surface area contributed by atoms with Crippen molar-refractivity contribution in [3.05, 3.63) is 17.8 Å². The number of hydrogen-bond acceptors (Lipinski definition) is 5. The molecule has 2 saturated heterocycles. The Labute approximate surface area is 152 Å². The van der Waals surface area contributed by atoms with Crippen molar-refractivity contribution < 1.29 is 18.8 Å². The van der Waals surface area contributed by atoms with E-state index >= 15 is 0 Å². The molecule has 1 aromatic rings. The van der Waals surface area contributed by atoms with E-state index in [1.807, 2.05) is 18.7 Å². The standard InChI is InChI=1S/C18H26N4O4/c1-10(2)15(19-12(4)23)16-20-14(9-26-16)18(25)22-8-13-6-5-7-21(13)17(24)11(22)3/h9-11,13,15H,5-8H2,1-4H3,(H,19,23)/t11-,13+,15+/m0/s1. The maximum absolute atomic E-state index is 12.9. The van der Waals surface area contributed by atoms with Crippen LogP contribution in [0.5, 0.6) is 0 Å². The third-order valence-electron chi connectivity index (χ3n) is 5.19. The van der Waals surface area contributed by atoms with Gasteiger partial charge in [0.15, 0.2) is 5.69 Å². The van der Waals surface area contributed by atoms with Crippen molar-refractivity contribution in [1.29, 1.82) is 0 Å². The van der Waals surface area contributed by atoms with Gasteiger partial charge in [0.1, 0.15) is 18.3 Å². The first-order valence-electron chi connectivity index (χ1n) is 9.13. The van der Waals surface area contributed by atoms with Crippen molar-refractivity contribution in [3.63, 3.8) is 0 Å². The van der Waals surface area contributed by atoms with Crippen molar-refractivity contribution in [2.24, 2.45) is 5.92 Å². The summed E-state index contributed by atoms with van der Waals surface area (Å²) in [5, 5.41) is 2.79. The van der Waals surface area contributed by atoms with E-state index in [-0.39, 0.29) is 35.4 Å². The molecule has 0 spiro atoms. The number of hydrogen-bond donors (Lipinski definition) is 1. The Balaban J connectivity index is 1.79. The summed E-state index contributed by atoms with van der Waals surface area (Å²) in [4.78, 5) is 44.6. The molecule has 0 bridgehead atoms. The summed E-state index contributed by atoms with van der Waals surface area (Å²) in [6, 6.07) is -0.815. The van der Waals surface area contributed by atoms with Crippen LogP contribution in [0.2, 0.25) is 0 Å². The average Bonchev–Trinajstić information content (AvgIpc) is 3.24. The van der Waals surface area contributed by atoms with E-state index in [9.17, 15) is 14.4 Å². The summed E-state index contributed by atoms with van der Waals surface area (Å²) in [6.45, 7) is 8.35. The highest BCUT2D eigenvalue weighted by atomic mass is 16.3. The Kier molecular flexibility index (Phi) is 5.02. The molecule has 2 aliphatic heterocycles. The number of piperazine rings is 1. The summed E-state index contributed by atoms with van der Waals surface area (Å²) in [6.07, 6.45) is 3.21. The minimum Gasteiger partial charge on any atom is -0.446 e. The van der Waals surface area contributed by atoms with Crippen LogP contribution < -0.4 is 5.32 Å². The summed E-state index contributed by atoms with van der Waals surface area (Å²) >= 11 is 0.